The molecule has 0 aliphatic heterocycles. The highest BCUT2D eigenvalue weighted by molar-refractivity contribution is 6.94. The maximum absolute atomic E-state index is 13.6. The van der Waals surface area contributed by atoms with Gasteiger partial charge in [-0.3, -0.25) is 4.79 Å². The second-order valence-corrected chi connectivity index (χ2v) is 15.1. The van der Waals surface area contributed by atoms with E-state index in [1.807, 2.05) is 25.1 Å². The van der Waals surface area contributed by atoms with Crippen molar-refractivity contribution in [3.63, 3.8) is 0 Å². The van der Waals surface area contributed by atoms with E-state index in [1.54, 1.807) is 21.3 Å². The number of methoxy groups -OCH3 is 3. The summed E-state index contributed by atoms with van der Waals surface area (Å²) in [4.78, 5) is 13.6. The molecule has 0 N–H and O–H groups in total. The van der Waals surface area contributed by atoms with Crippen molar-refractivity contribution in [1.82, 2.24) is 0 Å². The topological polar surface area (TPSA) is 44.8 Å². The molecule has 1 atom stereocenters. The number of benzene rings is 1. The van der Waals surface area contributed by atoms with E-state index in [9.17, 15) is 4.79 Å². The van der Waals surface area contributed by atoms with Crippen molar-refractivity contribution in [2.45, 2.75) is 77.1 Å². The highest BCUT2D eigenvalue weighted by Crippen LogP contribution is 2.55. The molecule has 5 heteroatoms. The Hall–Kier alpha value is -1.59. The maximum atomic E-state index is 13.6. The van der Waals surface area contributed by atoms with Gasteiger partial charge in [-0.15, -0.1) is 0 Å². The molecule has 1 unspecified atom stereocenters. The molecule has 1 aromatic rings. The van der Waals surface area contributed by atoms with Crippen LogP contribution in [-0.2, 0) is 9.53 Å². The van der Waals surface area contributed by atoms with Crippen molar-refractivity contribution in [2.24, 2.45) is 0 Å². The Morgan fingerprint density at radius 3 is 1.66 bits per heavy atom. The number of allylic oxidation sites excluding steroid dienone is 1. The maximum Gasteiger partial charge on any atom is 0.158 e. The number of hydrogen-bond donors (Lipinski definition) is 0. The normalized spacial score (nSPS) is 20.4. The van der Waals surface area contributed by atoms with Crippen LogP contribution in [-0.4, -0.2) is 40.8 Å². The molecule has 1 aliphatic rings. The molecule has 0 heterocycles. The number of hydrogen-bond acceptors (Lipinski definition) is 4. The molecule has 2 rings (SSSR count). The van der Waals surface area contributed by atoms with Crippen LogP contribution < -0.4 is 9.47 Å². The smallest absolute Gasteiger partial charge is 0.158 e. The lowest BCUT2D eigenvalue weighted by Gasteiger charge is -2.45. The third kappa shape index (κ3) is 3.79. The van der Waals surface area contributed by atoms with Gasteiger partial charge in [0.1, 0.15) is 11.5 Å². The number of ketones is 1. The van der Waals surface area contributed by atoms with E-state index in [4.69, 9.17) is 14.2 Å². The Bertz CT molecular complexity index is 750. The van der Waals surface area contributed by atoms with Crippen LogP contribution in [0.15, 0.2) is 23.4 Å². The molecule has 0 saturated carbocycles. The molecule has 0 bridgehead atoms. The van der Waals surface area contributed by atoms with Crippen molar-refractivity contribution < 1.29 is 19.0 Å². The first kappa shape index (κ1) is 23.7. The first-order valence-electron chi connectivity index (χ1n) is 10.6. The van der Waals surface area contributed by atoms with Gasteiger partial charge < -0.3 is 14.2 Å². The van der Waals surface area contributed by atoms with Crippen LogP contribution in [0.4, 0.5) is 0 Å². The Morgan fingerprint density at radius 2 is 1.31 bits per heavy atom. The van der Waals surface area contributed by atoms with Gasteiger partial charge in [0.05, 0.1) is 27.9 Å². The summed E-state index contributed by atoms with van der Waals surface area (Å²) < 4.78 is 17.1. The van der Waals surface area contributed by atoms with Gasteiger partial charge in [0, 0.05) is 19.6 Å². The van der Waals surface area contributed by atoms with Crippen molar-refractivity contribution in [1.29, 1.82) is 0 Å². The number of rotatable bonds is 8. The predicted molar refractivity (Wildman–Crippen MR) is 123 cm³/mol. The Balaban J connectivity index is 3.00. The average Bonchev–Trinajstić information content (AvgIpc) is 2.92. The summed E-state index contributed by atoms with van der Waals surface area (Å²) in [6.07, 6.45) is 0.384. The van der Waals surface area contributed by atoms with Crippen LogP contribution in [0, 0.1) is 0 Å². The second kappa shape index (κ2) is 8.64. The van der Waals surface area contributed by atoms with E-state index in [0.29, 0.717) is 23.0 Å². The molecule has 0 saturated heterocycles. The van der Waals surface area contributed by atoms with Crippen LogP contribution in [0.1, 0.15) is 60.5 Å². The van der Waals surface area contributed by atoms with E-state index in [1.165, 1.54) is 0 Å². The lowest BCUT2D eigenvalue weighted by molar-refractivity contribution is -0.117. The molecular weight excluding hydrogens is 380 g/mol. The summed E-state index contributed by atoms with van der Waals surface area (Å²) >= 11 is 0. The van der Waals surface area contributed by atoms with Crippen LogP contribution in [0.25, 0.3) is 5.57 Å². The zero-order valence-electron chi connectivity index (χ0n) is 19.8. The molecule has 0 aromatic heterocycles. The minimum absolute atomic E-state index is 0.244. The van der Waals surface area contributed by atoms with Crippen LogP contribution in [0.2, 0.25) is 16.6 Å². The van der Waals surface area contributed by atoms with Crippen molar-refractivity contribution in [2.75, 3.05) is 21.3 Å². The van der Waals surface area contributed by atoms with E-state index in [2.05, 4.69) is 41.5 Å². The molecule has 0 radical (unpaired) electrons. The Morgan fingerprint density at radius 1 is 0.862 bits per heavy atom. The molecule has 162 valence electrons. The highest BCUT2D eigenvalue weighted by atomic mass is 28.3. The first-order valence-corrected chi connectivity index (χ1v) is 12.8. The SMILES string of the molecule is COc1cc(OC)cc(C2=C([Si](C(C)C)(C(C)C)C(C)C)C(=O)CC2(C)OC)c1. The minimum Gasteiger partial charge on any atom is -0.497 e. The highest BCUT2D eigenvalue weighted by Gasteiger charge is 2.55. The van der Waals surface area contributed by atoms with Crippen LogP contribution in [0.5, 0.6) is 11.5 Å². The fourth-order valence-electron chi connectivity index (χ4n) is 5.79. The van der Waals surface area contributed by atoms with E-state index >= 15 is 0 Å². The summed E-state index contributed by atoms with van der Waals surface area (Å²) in [5.41, 5.74) is 2.64. The molecule has 1 aromatic carbocycles. The fourth-order valence-corrected chi connectivity index (χ4v) is 12.9. The van der Waals surface area contributed by atoms with Gasteiger partial charge in [0.2, 0.25) is 0 Å². The molecule has 29 heavy (non-hydrogen) atoms. The number of carbonyl (C=O) groups excluding carboxylic acids is 1. The minimum atomic E-state index is -2.20. The summed E-state index contributed by atoms with van der Waals surface area (Å²) in [7, 11) is 2.81. The predicted octanol–water partition coefficient (Wildman–Crippen LogP) is 6.05. The van der Waals surface area contributed by atoms with Gasteiger partial charge in [-0.1, -0.05) is 41.5 Å². The van der Waals surface area contributed by atoms with Gasteiger partial charge >= 0.3 is 0 Å². The fraction of sp³-hybridized carbons (Fsp3) is 0.625. The van der Waals surface area contributed by atoms with E-state index in [-0.39, 0.29) is 5.78 Å². The van der Waals surface area contributed by atoms with Crippen LogP contribution >= 0.6 is 0 Å². The first-order chi connectivity index (χ1) is 13.5. The third-order valence-electron chi connectivity index (χ3n) is 6.95. The van der Waals surface area contributed by atoms with Crippen LogP contribution in [0.3, 0.4) is 0 Å². The quantitative estimate of drug-likeness (QED) is 0.482. The number of Topliss-reactive ketones (excluding diaryl/α,β-unsaturated/α-hetero) is 1. The van der Waals surface area contributed by atoms with Crippen molar-refractivity contribution in [3.05, 3.63) is 29.0 Å². The zero-order chi connectivity index (χ0) is 22.1. The summed E-state index contributed by atoms with van der Waals surface area (Å²) in [6.45, 7) is 15.8. The summed E-state index contributed by atoms with van der Waals surface area (Å²) in [6, 6.07) is 5.88. The van der Waals surface area contributed by atoms with Crippen molar-refractivity contribution in [3.8, 4) is 11.5 Å². The van der Waals surface area contributed by atoms with Gasteiger partial charge in [0.25, 0.3) is 0 Å². The van der Waals surface area contributed by atoms with Gasteiger partial charge in [-0.25, -0.2) is 0 Å². The lowest BCUT2D eigenvalue weighted by Crippen LogP contribution is -2.48. The molecule has 0 fully saturated rings. The average molecular weight is 419 g/mol. The largest absolute Gasteiger partial charge is 0.497 e. The standard InChI is InChI=1S/C24H38O4Si/c1-15(2)29(16(3)4,17(5)6)23-21(25)14-24(7,28-10)22(23)18-11-19(26-8)13-20(12-18)27-9/h11-13,15-17H,14H2,1-10H3. The lowest BCUT2D eigenvalue weighted by atomic mass is 9.91. The third-order valence-corrected chi connectivity index (χ3v) is 14.1. The second-order valence-electron chi connectivity index (χ2n) is 9.28. The zero-order valence-corrected chi connectivity index (χ0v) is 20.8. The Kier molecular flexibility index (Phi) is 7.06. The molecule has 4 nitrogen and oxygen atoms in total. The number of ether oxygens (including phenoxy) is 3. The summed E-state index contributed by atoms with van der Waals surface area (Å²) in [5, 5.41) is 1.05. The van der Waals surface area contributed by atoms with E-state index < -0.39 is 13.7 Å². The van der Waals surface area contributed by atoms with Gasteiger partial charge in [-0.2, -0.15) is 0 Å². The van der Waals surface area contributed by atoms with Gasteiger partial charge in [-0.05, 0) is 52.0 Å². The molecule has 0 amide bonds. The van der Waals surface area contributed by atoms with Crippen molar-refractivity contribution >= 4 is 19.4 Å². The molecular formula is C24H38O4Si. The molecule has 1 aliphatic carbocycles. The Labute approximate surface area is 177 Å². The van der Waals surface area contributed by atoms with E-state index in [0.717, 1.165) is 27.8 Å². The number of carbonyl (C=O) groups is 1. The molecule has 0 spiro atoms. The van der Waals surface area contributed by atoms with Gasteiger partial charge in [0.15, 0.2) is 5.78 Å². The monoisotopic (exact) mass is 418 g/mol. The summed E-state index contributed by atoms with van der Waals surface area (Å²) in [5.74, 6) is 1.68.